The fourth-order valence-corrected chi connectivity index (χ4v) is 4.32. The highest BCUT2D eigenvalue weighted by Crippen LogP contribution is 2.50. The van der Waals surface area contributed by atoms with Gasteiger partial charge >= 0.3 is 5.97 Å². The predicted molar refractivity (Wildman–Crippen MR) is 87.2 cm³/mol. The maximum absolute atomic E-state index is 12.9. The first-order chi connectivity index (χ1) is 11.6. The summed E-state index contributed by atoms with van der Waals surface area (Å²) in [5, 5.41) is 0. The minimum absolute atomic E-state index is 0.134. The van der Waals surface area contributed by atoms with Crippen LogP contribution in [-0.4, -0.2) is 24.4 Å². The van der Waals surface area contributed by atoms with Crippen molar-refractivity contribution in [2.45, 2.75) is 19.8 Å². The molecule has 1 heterocycles. The first-order valence-electron chi connectivity index (χ1n) is 8.45. The molecule has 1 aromatic carbocycles. The minimum Gasteiger partial charge on any atom is -0.462 e. The number of nitrogens with zero attached hydrogens (tertiary/aromatic N) is 1. The smallest absolute Gasteiger partial charge is 0.338 e. The number of hydrogen-bond acceptors (Lipinski definition) is 4. The van der Waals surface area contributed by atoms with Gasteiger partial charge in [-0.05, 0) is 49.8 Å². The van der Waals surface area contributed by atoms with Gasteiger partial charge < -0.3 is 4.74 Å². The van der Waals surface area contributed by atoms with Crippen molar-refractivity contribution in [3.8, 4) is 0 Å². The minimum atomic E-state index is -0.447. The third-order valence-electron chi connectivity index (χ3n) is 5.37. The SMILES string of the molecule is CCOC(=O)c1cccc(N2C(=O)[C@H]3[C@H](C2=O)[C@@H]2C=C[C@@H]3CC2)c1. The van der Waals surface area contributed by atoms with Crippen molar-refractivity contribution >= 4 is 23.5 Å². The Balaban J connectivity index is 1.68. The average Bonchev–Trinajstić information content (AvgIpc) is 2.89. The van der Waals surface area contributed by atoms with Gasteiger partial charge in [0.05, 0.1) is 29.7 Å². The van der Waals surface area contributed by atoms with E-state index in [2.05, 4.69) is 12.2 Å². The quantitative estimate of drug-likeness (QED) is 0.487. The second-order valence-electron chi connectivity index (χ2n) is 6.62. The summed E-state index contributed by atoms with van der Waals surface area (Å²) in [7, 11) is 0. The summed E-state index contributed by atoms with van der Waals surface area (Å²) in [5.41, 5.74) is 0.815. The molecular weight excluding hydrogens is 306 g/mol. The van der Waals surface area contributed by atoms with Crippen LogP contribution in [0.25, 0.3) is 0 Å². The number of imide groups is 1. The van der Waals surface area contributed by atoms with E-state index in [1.54, 1.807) is 31.2 Å². The van der Waals surface area contributed by atoms with Crippen LogP contribution >= 0.6 is 0 Å². The number of esters is 1. The van der Waals surface area contributed by atoms with Crippen LogP contribution in [0.4, 0.5) is 5.69 Å². The molecule has 1 aromatic rings. The van der Waals surface area contributed by atoms with E-state index in [0.29, 0.717) is 11.3 Å². The molecule has 5 nitrogen and oxygen atoms in total. The summed E-state index contributed by atoms with van der Waals surface area (Å²) in [6, 6.07) is 6.58. The van der Waals surface area contributed by atoms with Crippen LogP contribution in [0.2, 0.25) is 0 Å². The summed E-state index contributed by atoms with van der Waals surface area (Å²) >= 11 is 0. The van der Waals surface area contributed by atoms with Crippen molar-refractivity contribution < 1.29 is 19.1 Å². The Morgan fingerprint density at radius 3 is 2.29 bits per heavy atom. The maximum atomic E-state index is 12.9. The molecule has 4 atom stereocenters. The van der Waals surface area contributed by atoms with Gasteiger partial charge in [-0.25, -0.2) is 9.69 Å². The van der Waals surface area contributed by atoms with E-state index >= 15 is 0 Å². The van der Waals surface area contributed by atoms with E-state index in [4.69, 9.17) is 4.74 Å². The van der Waals surface area contributed by atoms with Crippen LogP contribution in [0.15, 0.2) is 36.4 Å². The lowest BCUT2D eigenvalue weighted by Gasteiger charge is -2.38. The van der Waals surface area contributed by atoms with E-state index in [9.17, 15) is 14.4 Å². The maximum Gasteiger partial charge on any atom is 0.338 e. The molecule has 0 radical (unpaired) electrons. The highest BCUT2D eigenvalue weighted by atomic mass is 16.5. The number of fused-ring (bicyclic) bond motifs is 1. The summed E-state index contributed by atoms with van der Waals surface area (Å²) in [6.07, 6.45) is 6.13. The van der Waals surface area contributed by atoms with Gasteiger partial charge in [-0.15, -0.1) is 0 Å². The lowest BCUT2D eigenvalue weighted by molar-refractivity contribution is -0.124. The Bertz CT molecular complexity index is 721. The van der Waals surface area contributed by atoms with E-state index < -0.39 is 5.97 Å². The van der Waals surface area contributed by atoms with Crippen molar-refractivity contribution in [2.24, 2.45) is 23.7 Å². The highest BCUT2D eigenvalue weighted by molar-refractivity contribution is 6.22. The Kier molecular flexibility index (Phi) is 3.52. The van der Waals surface area contributed by atoms with Gasteiger partial charge in [-0.2, -0.15) is 0 Å². The molecule has 0 unspecified atom stereocenters. The molecule has 4 aliphatic rings. The molecule has 1 saturated carbocycles. The summed E-state index contributed by atoms with van der Waals surface area (Å²) in [4.78, 5) is 39.0. The third kappa shape index (κ3) is 2.11. The van der Waals surface area contributed by atoms with Gasteiger partial charge in [0, 0.05) is 0 Å². The highest BCUT2D eigenvalue weighted by Gasteiger charge is 2.56. The molecule has 3 aliphatic carbocycles. The number of rotatable bonds is 3. The lowest BCUT2D eigenvalue weighted by atomic mass is 9.63. The Hall–Kier alpha value is -2.43. The zero-order chi connectivity index (χ0) is 16.8. The molecule has 5 heteroatoms. The van der Waals surface area contributed by atoms with Gasteiger partial charge in [0.1, 0.15) is 0 Å². The van der Waals surface area contributed by atoms with Crippen molar-refractivity contribution in [1.82, 2.24) is 0 Å². The Morgan fingerprint density at radius 1 is 1.12 bits per heavy atom. The number of ether oxygens (including phenoxy) is 1. The first kappa shape index (κ1) is 15.1. The molecule has 2 amide bonds. The molecule has 124 valence electrons. The fraction of sp³-hybridized carbons (Fsp3) is 0.421. The number of carbonyl (C=O) groups is 3. The zero-order valence-electron chi connectivity index (χ0n) is 13.5. The number of benzene rings is 1. The molecule has 0 spiro atoms. The van der Waals surface area contributed by atoms with Crippen LogP contribution in [0, 0.1) is 23.7 Å². The first-order valence-corrected chi connectivity index (χ1v) is 8.45. The standard InChI is InChI=1S/C19H19NO4/c1-2-24-19(23)13-4-3-5-14(10-13)20-17(21)15-11-6-7-12(9-8-11)16(15)18(20)22/h3-7,10-12,15-16H,2,8-9H2,1H3/t11-,12-,15-,16-/m1/s1. The van der Waals surface area contributed by atoms with Crippen LogP contribution in [0.3, 0.4) is 0 Å². The Morgan fingerprint density at radius 2 is 1.75 bits per heavy atom. The summed E-state index contributed by atoms with van der Waals surface area (Å²) in [5.74, 6) is -0.878. The van der Waals surface area contributed by atoms with Crippen LogP contribution < -0.4 is 4.90 Å². The molecule has 1 saturated heterocycles. The fourth-order valence-electron chi connectivity index (χ4n) is 4.32. The van der Waals surface area contributed by atoms with Crippen molar-refractivity contribution in [2.75, 3.05) is 11.5 Å². The van der Waals surface area contributed by atoms with Gasteiger partial charge in [0.25, 0.3) is 0 Å². The van der Waals surface area contributed by atoms with E-state index in [-0.39, 0.29) is 42.1 Å². The number of amides is 2. The summed E-state index contributed by atoms with van der Waals surface area (Å²) < 4.78 is 5.00. The molecule has 5 rings (SSSR count). The number of anilines is 1. The van der Waals surface area contributed by atoms with Gasteiger partial charge in [-0.1, -0.05) is 18.2 Å². The van der Waals surface area contributed by atoms with Crippen LogP contribution in [0.5, 0.6) is 0 Å². The molecule has 0 aromatic heterocycles. The molecule has 2 fully saturated rings. The van der Waals surface area contributed by atoms with Gasteiger partial charge in [-0.3, -0.25) is 9.59 Å². The van der Waals surface area contributed by atoms with Crippen molar-refractivity contribution in [1.29, 1.82) is 0 Å². The Labute approximate surface area is 140 Å². The molecular formula is C19H19NO4. The van der Waals surface area contributed by atoms with E-state index in [0.717, 1.165) is 12.8 Å². The topological polar surface area (TPSA) is 63.7 Å². The average molecular weight is 325 g/mol. The molecule has 2 bridgehead atoms. The van der Waals surface area contributed by atoms with E-state index in [1.807, 2.05) is 0 Å². The molecule has 0 N–H and O–H groups in total. The van der Waals surface area contributed by atoms with Gasteiger partial charge in [0.2, 0.25) is 11.8 Å². The second kappa shape index (κ2) is 5.58. The predicted octanol–water partition coefficient (Wildman–Crippen LogP) is 2.56. The molecule has 24 heavy (non-hydrogen) atoms. The normalized spacial score (nSPS) is 30.6. The zero-order valence-corrected chi connectivity index (χ0v) is 13.5. The van der Waals surface area contributed by atoms with Crippen LogP contribution in [-0.2, 0) is 14.3 Å². The largest absolute Gasteiger partial charge is 0.462 e. The number of allylic oxidation sites excluding steroid dienone is 2. The van der Waals surface area contributed by atoms with Crippen LogP contribution in [0.1, 0.15) is 30.1 Å². The van der Waals surface area contributed by atoms with Gasteiger partial charge in [0.15, 0.2) is 0 Å². The summed E-state index contributed by atoms with van der Waals surface area (Å²) in [6.45, 7) is 2.02. The van der Waals surface area contributed by atoms with E-state index in [1.165, 1.54) is 4.90 Å². The third-order valence-corrected chi connectivity index (χ3v) is 5.37. The second-order valence-corrected chi connectivity index (χ2v) is 6.62. The molecule has 1 aliphatic heterocycles. The number of hydrogen-bond donors (Lipinski definition) is 0. The van der Waals surface area contributed by atoms with Crippen molar-refractivity contribution in [3.63, 3.8) is 0 Å². The lowest BCUT2D eigenvalue weighted by Crippen LogP contribution is -2.38. The number of carbonyl (C=O) groups excluding carboxylic acids is 3. The monoisotopic (exact) mass is 325 g/mol. The van der Waals surface area contributed by atoms with Crippen molar-refractivity contribution in [3.05, 3.63) is 42.0 Å².